The highest BCUT2D eigenvalue weighted by Gasteiger charge is 2.23. The van der Waals surface area contributed by atoms with Gasteiger partial charge in [0.2, 0.25) is 5.91 Å². The summed E-state index contributed by atoms with van der Waals surface area (Å²) in [4.78, 5) is 14.3. The van der Waals surface area contributed by atoms with Crippen LogP contribution < -0.4 is 10.6 Å². The molecule has 0 saturated carbocycles. The number of carbonyl (C=O) groups excluding carboxylic acids is 1. The molecule has 1 aromatic carbocycles. The first-order chi connectivity index (χ1) is 11.6. The minimum absolute atomic E-state index is 0. The zero-order chi connectivity index (χ0) is 16.9. The lowest BCUT2D eigenvalue weighted by Crippen LogP contribution is -2.45. The lowest BCUT2D eigenvalue weighted by Gasteiger charge is -2.32. The van der Waals surface area contributed by atoms with Crippen molar-refractivity contribution in [3.05, 3.63) is 35.4 Å². The number of nitrogens with one attached hydrogen (secondary N) is 2. The molecule has 2 fully saturated rings. The molecule has 2 saturated heterocycles. The molecule has 26 heavy (non-hydrogen) atoms. The summed E-state index contributed by atoms with van der Waals surface area (Å²) in [7, 11) is 0. The van der Waals surface area contributed by atoms with Gasteiger partial charge in [0.05, 0.1) is 0 Å². The number of nitrogens with zero attached hydrogens (tertiary/aromatic N) is 1. The van der Waals surface area contributed by atoms with E-state index < -0.39 is 11.6 Å². The number of carbonyl (C=O) groups is 1. The van der Waals surface area contributed by atoms with Gasteiger partial charge >= 0.3 is 0 Å². The van der Waals surface area contributed by atoms with Crippen LogP contribution in [0.2, 0.25) is 0 Å². The highest BCUT2D eigenvalue weighted by atomic mass is 35.5. The fourth-order valence-corrected chi connectivity index (χ4v) is 3.57. The van der Waals surface area contributed by atoms with Crippen molar-refractivity contribution in [3.8, 4) is 0 Å². The van der Waals surface area contributed by atoms with E-state index in [1.807, 2.05) is 0 Å². The quantitative estimate of drug-likeness (QED) is 0.785. The van der Waals surface area contributed by atoms with Crippen molar-refractivity contribution < 1.29 is 13.6 Å². The molecular weight excluding hydrogens is 383 g/mol. The highest BCUT2D eigenvalue weighted by Crippen LogP contribution is 2.16. The molecule has 2 N–H and O–H groups in total. The highest BCUT2D eigenvalue weighted by molar-refractivity contribution is 5.85. The van der Waals surface area contributed by atoms with Crippen LogP contribution in [0.3, 0.4) is 0 Å². The fraction of sp³-hybridized carbons (Fsp3) is 0.611. The van der Waals surface area contributed by atoms with E-state index in [4.69, 9.17) is 0 Å². The SMILES string of the molecule is Cl.Cl.O=C(CC1CCCN1)NC1CCN(Cc2ccc(F)c(F)c2)CC1. The standard InChI is InChI=1S/C18H25F2N3O.2ClH/c19-16-4-3-13(10-17(16)20)12-23-8-5-14(6-9-23)22-18(24)11-15-2-1-7-21-15;;/h3-4,10,14-15,21H,1-2,5-9,11-12H2,(H,22,24);2*1H. The molecule has 4 nitrogen and oxygen atoms in total. The fourth-order valence-electron chi connectivity index (χ4n) is 3.57. The number of benzene rings is 1. The van der Waals surface area contributed by atoms with Crippen LogP contribution in [0.4, 0.5) is 8.78 Å². The minimum atomic E-state index is -0.808. The van der Waals surface area contributed by atoms with Crippen LogP contribution in [0, 0.1) is 11.6 Å². The predicted molar refractivity (Wildman–Crippen MR) is 103 cm³/mol. The van der Waals surface area contributed by atoms with Crippen LogP contribution in [-0.4, -0.2) is 42.5 Å². The molecule has 0 radical (unpaired) electrons. The monoisotopic (exact) mass is 409 g/mol. The lowest BCUT2D eigenvalue weighted by molar-refractivity contribution is -0.122. The van der Waals surface area contributed by atoms with Crippen molar-refractivity contribution in [2.45, 2.75) is 50.7 Å². The van der Waals surface area contributed by atoms with Gasteiger partial charge in [-0.3, -0.25) is 9.69 Å². The van der Waals surface area contributed by atoms with Gasteiger partial charge in [0, 0.05) is 38.1 Å². The molecule has 0 bridgehead atoms. The summed E-state index contributed by atoms with van der Waals surface area (Å²) < 4.78 is 26.2. The first kappa shape index (κ1) is 23.1. The molecule has 148 valence electrons. The van der Waals surface area contributed by atoms with Crippen LogP contribution in [0.15, 0.2) is 18.2 Å². The van der Waals surface area contributed by atoms with Crippen molar-refractivity contribution in [1.29, 1.82) is 0 Å². The number of likely N-dealkylation sites (tertiary alicyclic amines) is 1. The molecule has 8 heteroatoms. The van der Waals surface area contributed by atoms with Crippen LogP contribution >= 0.6 is 24.8 Å². The third kappa shape index (κ3) is 6.65. The number of hydrogen-bond acceptors (Lipinski definition) is 3. The van der Waals surface area contributed by atoms with E-state index in [1.54, 1.807) is 6.07 Å². The lowest BCUT2D eigenvalue weighted by atomic mass is 10.0. The summed E-state index contributed by atoms with van der Waals surface area (Å²) >= 11 is 0. The zero-order valence-electron chi connectivity index (χ0n) is 14.7. The summed E-state index contributed by atoms with van der Waals surface area (Å²) in [6.07, 6.45) is 4.59. The van der Waals surface area contributed by atoms with Crippen molar-refractivity contribution in [2.24, 2.45) is 0 Å². The van der Waals surface area contributed by atoms with E-state index in [2.05, 4.69) is 15.5 Å². The molecule has 1 aromatic rings. The third-order valence-electron chi connectivity index (χ3n) is 4.94. The first-order valence-corrected chi connectivity index (χ1v) is 8.79. The van der Waals surface area contributed by atoms with Gasteiger partial charge in [-0.2, -0.15) is 0 Å². The smallest absolute Gasteiger partial charge is 0.221 e. The van der Waals surface area contributed by atoms with E-state index in [0.717, 1.165) is 50.9 Å². The molecule has 0 spiro atoms. The summed E-state index contributed by atoms with van der Waals surface area (Å²) in [5.74, 6) is -1.47. The van der Waals surface area contributed by atoms with Gasteiger partial charge < -0.3 is 10.6 Å². The topological polar surface area (TPSA) is 44.4 Å². The molecule has 0 aliphatic carbocycles. The Morgan fingerprint density at radius 2 is 1.88 bits per heavy atom. The maximum atomic E-state index is 13.3. The third-order valence-corrected chi connectivity index (χ3v) is 4.94. The van der Waals surface area contributed by atoms with Crippen LogP contribution in [-0.2, 0) is 11.3 Å². The Balaban J connectivity index is 0.00000169. The normalized spacial score (nSPS) is 20.9. The summed E-state index contributed by atoms with van der Waals surface area (Å²) in [5, 5.41) is 6.47. The zero-order valence-corrected chi connectivity index (χ0v) is 16.3. The first-order valence-electron chi connectivity index (χ1n) is 8.79. The Hall–Kier alpha value is -0.950. The van der Waals surface area contributed by atoms with Crippen molar-refractivity contribution >= 4 is 30.7 Å². The Morgan fingerprint density at radius 1 is 1.15 bits per heavy atom. The van der Waals surface area contributed by atoms with E-state index in [1.165, 1.54) is 12.1 Å². The summed E-state index contributed by atoms with van der Waals surface area (Å²) in [6, 6.07) is 4.62. The molecule has 1 amide bonds. The average Bonchev–Trinajstić information content (AvgIpc) is 3.06. The summed E-state index contributed by atoms with van der Waals surface area (Å²) in [6.45, 7) is 3.33. The van der Waals surface area contributed by atoms with Crippen molar-refractivity contribution in [3.63, 3.8) is 0 Å². The second kappa shape index (κ2) is 11.0. The molecular formula is C18H27Cl2F2N3O. The Labute approximate surface area is 165 Å². The number of hydrogen-bond donors (Lipinski definition) is 2. The van der Waals surface area contributed by atoms with E-state index in [9.17, 15) is 13.6 Å². The largest absolute Gasteiger partial charge is 0.353 e. The average molecular weight is 410 g/mol. The van der Waals surface area contributed by atoms with Gasteiger partial charge in [-0.1, -0.05) is 6.07 Å². The van der Waals surface area contributed by atoms with Crippen LogP contribution in [0.1, 0.15) is 37.7 Å². The van der Waals surface area contributed by atoms with Crippen LogP contribution in [0.5, 0.6) is 0 Å². The number of piperidine rings is 1. The Morgan fingerprint density at radius 3 is 2.50 bits per heavy atom. The van der Waals surface area contributed by atoms with Crippen molar-refractivity contribution in [2.75, 3.05) is 19.6 Å². The molecule has 2 heterocycles. The second-order valence-corrected chi connectivity index (χ2v) is 6.86. The van der Waals surface area contributed by atoms with Gasteiger partial charge in [-0.15, -0.1) is 24.8 Å². The molecule has 0 aromatic heterocycles. The molecule has 2 aliphatic rings. The van der Waals surface area contributed by atoms with E-state index in [-0.39, 0.29) is 36.8 Å². The molecule has 1 unspecified atom stereocenters. The summed E-state index contributed by atoms with van der Waals surface area (Å²) in [5.41, 5.74) is 0.781. The van der Waals surface area contributed by atoms with Gasteiger partial charge in [0.1, 0.15) is 0 Å². The van der Waals surface area contributed by atoms with Gasteiger partial charge in [-0.25, -0.2) is 8.78 Å². The van der Waals surface area contributed by atoms with Gasteiger partial charge in [-0.05, 0) is 49.9 Å². The molecule has 2 aliphatic heterocycles. The van der Waals surface area contributed by atoms with Gasteiger partial charge in [0.25, 0.3) is 0 Å². The Bertz CT molecular complexity index is 578. The van der Waals surface area contributed by atoms with Gasteiger partial charge in [0.15, 0.2) is 11.6 Å². The van der Waals surface area contributed by atoms with E-state index in [0.29, 0.717) is 19.0 Å². The molecule has 1 atom stereocenters. The van der Waals surface area contributed by atoms with E-state index >= 15 is 0 Å². The number of amides is 1. The van der Waals surface area contributed by atoms with Crippen LogP contribution in [0.25, 0.3) is 0 Å². The maximum absolute atomic E-state index is 13.3. The predicted octanol–water partition coefficient (Wildman–Crippen LogP) is 3.03. The second-order valence-electron chi connectivity index (χ2n) is 6.86. The number of rotatable bonds is 5. The molecule has 3 rings (SSSR count). The van der Waals surface area contributed by atoms with Crippen molar-refractivity contribution in [1.82, 2.24) is 15.5 Å². The number of halogens is 4. The Kier molecular flexibility index (Phi) is 9.79. The maximum Gasteiger partial charge on any atom is 0.221 e. The minimum Gasteiger partial charge on any atom is -0.353 e.